The molecule has 0 aromatic heterocycles. The van der Waals surface area contributed by atoms with Gasteiger partial charge in [0, 0.05) is 18.2 Å². The predicted molar refractivity (Wildman–Crippen MR) is 64.8 cm³/mol. The molecule has 5 heteroatoms. The second kappa shape index (κ2) is 5.30. The second-order valence-corrected chi connectivity index (χ2v) is 4.16. The number of rotatable bonds is 3. The lowest BCUT2D eigenvalue weighted by molar-refractivity contribution is 0.545. The van der Waals surface area contributed by atoms with Gasteiger partial charge in [-0.15, -0.1) is 0 Å². The Bertz CT molecular complexity index is 557. The number of benzene rings is 2. The van der Waals surface area contributed by atoms with Crippen LogP contribution in [0.2, 0.25) is 0 Å². The van der Waals surface area contributed by atoms with E-state index < -0.39 is 35.0 Å². The smallest absolute Gasteiger partial charge is 0.152 e. The molecule has 2 aromatic carbocycles. The lowest BCUT2D eigenvalue weighted by Crippen LogP contribution is -2.10. The number of anilines is 1. The third-order valence-electron chi connectivity index (χ3n) is 2.74. The lowest BCUT2D eigenvalue weighted by Gasteiger charge is -2.16. The van der Waals surface area contributed by atoms with Gasteiger partial charge >= 0.3 is 0 Å². The molecule has 2 rings (SSSR count). The standard InChI is InChI=1S/C14H11F4N/c1-8(9-2-4-10(15)5-3-9)19-14-12(17)6-11(16)7-13(14)18/h2-8,19H,1H3. The highest BCUT2D eigenvalue weighted by molar-refractivity contribution is 5.48. The van der Waals surface area contributed by atoms with Gasteiger partial charge in [0.15, 0.2) is 11.6 Å². The average molecular weight is 269 g/mol. The van der Waals surface area contributed by atoms with Gasteiger partial charge in [0.1, 0.15) is 17.3 Å². The highest BCUT2D eigenvalue weighted by Crippen LogP contribution is 2.25. The van der Waals surface area contributed by atoms with Crippen LogP contribution in [0.3, 0.4) is 0 Å². The van der Waals surface area contributed by atoms with Crippen LogP contribution in [0.25, 0.3) is 0 Å². The van der Waals surface area contributed by atoms with Gasteiger partial charge in [-0.3, -0.25) is 0 Å². The maximum atomic E-state index is 13.4. The monoisotopic (exact) mass is 269 g/mol. The molecule has 0 fully saturated rings. The first kappa shape index (κ1) is 13.4. The Kier molecular flexibility index (Phi) is 3.74. The van der Waals surface area contributed by atoms with Gasteiger partial charge in [-0.2, -0.15) is 0 Å². The Morgan fingerprint density at radius 1 is 0.842 bits per heavy atom. The summed E-state index contributed by atoms with van der Waals surface area (Å²) < 4.78 is 52.4. The van der Waals surface area contributed by atoms with Gasteiger partial charge in [0.05, 0.1) is 0 Å². The van der Waals surface area contributed by atoms with Crippen LogP contribution in [0, 0.1) is 23.3 Å². The van der Waals surface area contributed by atoms with Crippen molar-refractivity contribution in [1.82, 2.24) is 0 Å². The van der Waals surface area contributed by atoms with Gasteiger partial charge in [-0.1, -0.05) is 12.1 Å². The number of nitrogens with one attached hydrogen (secondary N) is 1. The fraction of sp³-hybridized carbons (Fsp3) is 0.143. The van der Waals surface area contributed by atoms with E-state index >= 15 is 0 Å². The van der Waals surface area contributed by atoms with E-state index in [0.717, 1.165) is 0 Å². The summed E-state index contributed by atoms with van der Waals surface area (Å²) in [5.74, 6) is -3.39. The van der Waals surface area contributed by atoms with Gasteiger partial charge < -0.3 is 5.32 Å². The largest absolute Gasteiger partial charge is 0.374 e. The zero-order valence-electron chi connectivity index (χ0n) is 10.1. The summed E-state index contributed by atoms with van der Waals surface area (Å²) in [4.78, 5) is 0. The number of hydrogen-bond donors (Lipinski definition) is 1. The molecule has 1 nitrogen and oxygen atoms in total. The van der Waals surface area contributed by atoms with Gasteiger partial charge in [-0.25, -0.2) is 17.6 Å². The molecule has 0 saturated carbocycles. The van der Waals surface area contributed by atoms with Crippen molar-refractivity contribution in [2.45, 2.75) is 13.0 Å². The van der Waals surface area contributed by atoms with Crippen molar-refractivity contribution in [3.05, 3.63) is 65.2 Å². The second-order valence-electron chi connectivity index (χ2n) is 4.16. The molecular weight excluding hydrogens is 258 g/mol. The maximum absolute atomic E-state index is 13.4. The summed E-state index contributed by atoms with van der Waals surface area (Å²) >= 11 is 0. The summed E-state index contributed by atoms with van der Waals surface area (Å²) in [7, 11) is 0. The summed E-state index contributed by atoms with van der Waals surface area (Å²) in [6, 6.07) is 6.27. The van der Waals surface area contributed by atoms with Gasteiger partial charge in [0.2, 0.25) is 0 Å². The van der Waals surface area contributed by atoms with E-state index in [1.54, 1.807) is 6.92 Å². The molecule has 1 atom stereocenters. The SMILES string of the molecule is CC(Nc1c(F)cc(F)cc1F)c1ccc(F)cc1. The predicted octanol–water partition coefficient (Wildman–Crippen LogP) is 4.42. The zero-order valence-corrected chi connectivity index (χ0v) is 10.1. The topological polar surface area (TPSA) is 12.0 Å². The van der Waals surface area contributed by atoms with E-state index in [4.69, 9.17) is 0 Å². The molecule has 1 unspecified atom stereocenters. The summed E-state index contributed by atoms with van der Waals surface area (Å²) in [6.45, 7) is 1.66. The highest BCUT2D eigenvalue weighted by atomic mass is 19.1. The van der Waals surface area contributed by atoms with Crippen LogP contribution in [0.1, 0.15) is 18.5 Å². The fourth-order valence-electron chi connectivity index (χ4n) is 1.73. The van der Waals surface area contributed by atoms with E-state index in [1.807, 2.05) is 0 Å². The first-order chi connectivity index (χ1) is 8.97. The van der Waals surface area contributed by atoms with Crippen LogP contribution < -0.4 is 5.32 Å². The quantitative estimate of drug-likeness (QED) is 0.813. The molecule has 0 aliphatic heterocycles. The normalized spacial score (nSPS) is 12.3. The van der Waals surface area contributed by atoms with Crippen LogP contribution >= 0.6 is 0 Å². The first-order valence-corrected chi connectivity index (χ1v) is 5.64. The molecule has 0 aliphatic carbocycles. The Labute approximate surface area is 107 Å². The highest BCUT2D eigenvalue weighted by Gasteiger charge is 2.14. The lowest BCUT2D eigenvalue weighted by atomic mass is 10.1. The maximum Gasteiger partial charge on any atom is 0.152 e. The van der Waals surface area contributed by atoms with Crippen molar-refractivity contribution >= 4 is 5.69 Å². The fourth-order valence-corrected chi connectivity index (χ4v) is 1.73. The van der Waals surface area contributed by atoms with E-state index in [-0.39, 0.29) is 0 Å². The number of hydrogen-bond acceptors (Lipinski definition) is 1. The van der Waals surface area contributed by atoms with Crippen LogP contribution in [-0.2, 0) is 0 Å². The van der Waals surface area contributed by atoms with Crippen LogP contribution in [0.4, 0.5) is 23.2 Å². The van der Waals surface area contributed by atoms with Crippen molar-refractivity contribution in [2.24, 2.45) is 0 Å². The Morgan fingerprint density at radius 3 is 1.89 bits per heavy atom. The third kappa shape index (κ3) is 3.05. The minimum absolute atomic E-state index is 0.393. The minimum atomic E-state index is -1.01. The Balaban J connectivity index is 2.24. The van der Waals surface area contributed by atoms with E-state index in [0.29, 0.717) is 17.7 Å². The molecular formula is C14H11F4N. The van der Waals surface area contributed by atoms with Crippen molar-refractivity contribution < 1.29 is 17.6 Å². The van der Waals surface area contributed by atoms with Crippen molar-refractivity contribution in [1.29, 1.82) is 0 Å². The van der Waals surface area contributed by atoms with Crippen LogP contribution in [0.15, 0.2) is 36.4 Å². The van der Waals surface area contributed by atoms with Crippen molar-refractivity contribution in [3.8, 4) is 0 Å². The van der Waals surface area contributed by atoms with Gasteiger partial charge in [-0.05, 0) is 24.6 Å². The Morgan fingerprint density at radius 2 is 1.37 bits per heavy atom. The molecule has 2 aromatic rings. The van der Waals surface area contributed by atoms with Gasteiger partial charge in [0.25, 0.3) is 0 Å². The molecule has 0 amide bonds. The third-order valence-corrected chi connectivity index (χ3v) is 2.74. The van der Waals surface area contributed by atoms with E-state index in [2.05, 4.69) is 5.32 Å². The summed E-state index contributed by atoms with van der Waals surface area (Å²) in [6.07, 6.45) is 0. The van der Waals surface area contributed by atoms with Crippen molar-refractivity contribution in [2.75, 3.05) is 5.32 Å². The molecule has 0 bridgehead atoms. The molecule has 0 heterocycles. The molecule has 0 radical (unpaired) electrons. The average Bonchev–Trinajstić information content (AvgIpc) is 2.34. The summed E-state index contributed by atoms with van der Waals surface area (Å²) in [5.41, 5.74) is 0.253. The van der Waals surface area contributed by atoms with Crippen molar-refractivity contribution in [3.63, 3.8) is 0 Å². The van der Waals surface area contributed by atoms with Crippen LogP contribution in [-0.4, -0.2) is 0 Å². The zero-order chi connectivity index (χ0) is 14.0. The Hall–Kier alpha value is -2.04. The van der Waals surface area contributed by atoms with E-state index in [1.165, 1.54) is 24.3 Å². The van der Waals surface area contributed by atoms with Crippen LogP contribution in [0.5, 0.6) is 0 Å². The molecule has 1 N–H and O–H groups in total. The molecule has 0 spiro atoms. The molecule has 0 saturated heterocycles. The molecule has 0 aliphatic rings. The van der Waals surface area contributed by atoms with E-state index in [9.17, 15) is 17.6 Å². The first-order valence-electron chi connectivity index (χ1n) is 5.64. The molecule has 19 heavy (non-hydrogen) atoms. The number of halogens is 4. The minimum Gasteiger partial charge on any atom is -0.374 e. The summed E-state index contributed by atoms with van der Waals surface area (Å²) in [5, 5.41) is 2.60. The molecule has 100 valence electrons.